The summed E-state index contributed by atoms with van der Waals surface area (Å²) in [5.41, 5.74) is 4.88. The predicted octanol–water partition coefficient (Wildman–Crippen LogP) is 2.90. The topological polar surface area (TPSA) is 118 Å². The average molecular weight is 389 g/mol. The number of non-ortho nitro benzene ring substituents is 1. The Labute approximate surface area is 165 Å². The normalized spacial score (nSPS) is 10.1. The quantitative estimate of drug-likeness (QED) is 0.395. The molecule has 2 amide bonds. The van der Waals surface area contributed by atoms with Crippen LogP contribution in [0.1, 0.15) is 36.6 Å². The first-order valence-electron chi connectivity index (χ1n) is 8.51. The number of ketones is 1. The minimum Gasteiger partial charge on any atom is -0.289 e. The summed E-state index contributed by atoms with van der Waals surface area (Å²) < 4.78 is 0. The van der Waals surface area contributed by atoms with Crippen molar-refractivity contribution in [1.82, 2.24) is 10.9 Å². The SMILES string of the molecule is O=C(NNC(=O)c1ccccc1C(=O)c1ccccc1)c1cccc([N+](=O)[O-])c1. The van der Waals surface area contributed by atoms with Crippen molar-refractivity contribution in [3.05, 3.63) is 111 Å². The van der Waals surface area contributed by atoms with Gasteiger partial charge in [-0.3, -0.25) is 35.3 Å². The zero-order chi connectivity index (χ0) is 20.8. The predicted molar refractivity (Wildman–Crippen MR) is 104 cm³/mol. The van der Waals surface area contributed by atoms with Crippen molar-refractivity contribution in [3.8, 4) is 0 Å². The molecule has 0 unspecified atom stereocenters. The van der Waals surface area contributed by atoms with Gasteiger partial charge in [-0.05, 0) is 12.1 Å². The van der Waals surface area contributed by atoms with Gasteiger partial charge in [0.15, 0.2) is 5.78 Å². The third-order valence-corrected chi connectivity index (χ3v) is 4.06. The van der Waals surface area contributed by atoms with E-state index in [4.69, 9.17) is 0 Å². The van der Waals surface area contributed by atoms with Crippen molar-refractivity contribution in [2.45, 2.75) is 0 Å². The monoisotopic (exact) mass is 389 g/mol. The van der Waals surface area contributed by atoms with Crippen molar-refractivity contribution in [3.63, 3.8) is 0 Å². The van der Waals surface area contributed by atoms with E-state index in [1.165, 1.54) is 30.3 Å². The number of nitrogens with one attached hydrogen (secondary N) is 2. The van der Waals surface area contributed by atoms with Crippen LogP contribution in [0.15, 0.2) is 78.9 Å². The second-order valence-corrected chi connectivity index (χ2v) is 5.96. The molecule has 0 saturated carbocycles. The Morgan fingerprint density at radius 3 is 1.97 bits per heavy atom. The molecular weight excluding hydrogens is 374 g/mol. The van der Waals surface area contributed by atoms with Crippen LogP contribution in [0, 0.1) is 10.1 Å². The molecule has 2 N–H and O–H groups in total. The number of benzene rings is 3. The van der Waals surface area contributed by atoms with E-state index in [0.29, 0.717) is 5.56 Å². The molecule has 0 heterocycles. The van der Waals surface area contributed by atoms with Gasteiger partial charge in [0.2, 0.25) is 0 Å². The second kappa shape index (κ2) is 8.57. The number of hydrogen-bond donors (Lipinski definition) is 2. The van der Waals surface area contributed by atoms with Gasteiger partial charge in [-0.25, -0.2) is 0 Å². The molecule has 0 aliphatic rings. The summed E-state index contributed by atoms with van der Waals surface area (Å²) in [5, 5.41) is 10.8. The third kappa shape index (κ3) is 4.51. The first kappa shape index (κ1) is 19.4. The van der Waals surface area contributed by atoms with Gasteiger partial charge in [-0.1, -0.05) is 54.6 Å². The summed E-state index contributed by atoms with van der Waals surface area (Å²) in [5.74, 6) is -1.75. The number of amides is 2. The van der Waals surface area contributed by atoms with Crippen LogP contribution < -0.4 is 10.9 Å². The largest absolute Gasteiger partial charge is 0.289 e. The summed E-state index contributed by atoms with van der Waals surface area (Å²) in [4.78, 5) is 47.6. The van der Waals surface area contributed by atoms with Crippen LogP contribution in [0.4, 0.5) is 5.69 Å². The van der Waals surface area contributed by atoms with Gasteiger partial charge in [-0.15, -0.1) is 0 Å². The molecule has 0 atom stereocenters. The van der Waals surface area contributed by atoms with Crippen LogP contribution in [0.2, 0.25) is 0 Å². The van der Waals surface area contributed by atoms with Crippen molar-refractivity contribution >= 4 is 23.3 Å². The summed E-state index contributed by atoms with van der Waals surface area (Å²) in [7, 11) is 0. The van der Waals surface area contributed by atoms with Crippen molar-refractivity contribution in [1.29, 1.82) is 0 Å². The van der Waals surface area contributed by atoms with Gasteiger partial charge >= 0.3 is 0 Å². The highest BCUT2D eigenvalue weighted by molar-refractivity contribution is 6.15. The molecule has 3 rings (SSSR count). The number of rotatable bonds is 5. The molecule has 0 aromatic heterocycles. The highest BCUT2D eigenvalue weighted by atomic mass is 16.6. The Bertz CT molecular complexity index is 1100. The van der Waals surface area contributed by atoms with E-state index < -0.39 is 16.7 Å². The maximum Gasteiger partial charge on any atom is 0.270 e. The Morgan fingerprint density at radius 2 is 1.28 bits per heavy atom. The van der Waals surface area contributed by atoms with E-state index >= 15 is 0 Å². The van der Waals surface area contributed by atoms with E-state index in [9.17, 15) is 24.5 Å². The van der Waals surface area contributed by atoms with Crippen molar-refractivity contribution in [2.75, 3.05) is 0 Å². The lowest BCUT2D eigenvalue weighted by Crippen LogP contribution is -2.42. The number of nitro groups is 1. The smallest absolute Gasteiger partial charge is 0.270 e. The Balaban J connectivity index is 1.75. The molecule has 0 spiro atoms. The summed E-state index contributed by atoms with van der Waals surface area (Å²) in [6, 6.07) is 19.8. The molecule has 8 heteroatoms. The summed E-state index contributed by atoms with van der Waals surface area (Å²) in [6.07, 6.45) is 0. The lowest BCUT2D eigenvalue weighted by molar-refractivity contribution is -0.384. The molecule has 0 saturated heterocycles. The minimum absolute atomic E-state index is 0.00754. The highest BCUT2D eigenvalue weighted by Crippen LogP contribution is 2.15. The maximum absolute atomic E-state index is 12.7. The fourth-order valence-electron chi connectivity index (χ4n) is 2.64. The molecule has 0 fully saturated rings. The maximum atomic E-state index is 12.7. The first-order valence-corrected chi connectivity index (χ1v) is 8.51. The van der Waals surface area contributed by atoms with E-state index in [1.807, 2.05) is 0 Å². The Hall–Kier alpha value is -4.33. The number of nitro benzene ring substituents is 1. The van der Waals surface area contributed by atoms with Gasteiger partial charge in [-0.2, -0.15) is 0 Å². The fraction of sp³-hybridized carbons (Fsp3) is 0. The van der Waals surface area contributed by atoms with Gasteiger partial charge in [0.05, 0.1) is 10.5 Å². The van der Waals surface area contributed by atoms with Crippen LogP contribution in [0.5, 0.6) is 0 Å². The zero-order valence-electron chi connectivity index (χ0n) is 15.0. The lowest BCUT2D eigenvalue weighted by Gasteiger charge is -2.11. The van der Waals surface area contributed by atoms with Crippen molar-refractivity contribution < 1.29 is 19.3 Å². The minimum atomic E-state index is -0.728. The second-order valence-electron chi connectivity index (χ2n) is 5.96. The van der Waals surface area contributed by atoms with Gasteiger partial charge in [0.1, 0.15) is 0 Å². The third-order valence-electron chi connectivity index (χ3n) is 4.06. The molecule has 3 aromatic carbocycles. The van der Waals surface area contributed by atoms with Crippen molar-refractivity contribution in [2.24, 2.45) is 0 Å². The van der Waals surface area contributed by atoms with Gasteiger partial charge < -0.3 is 0 Å². The zero-order valence-corrected chi connectivity index (χ0v) is 15.0. The lowest BCUT2D eigenvalue weighted by atomic mass is 9.98. The average Bonchev–Trinajstić information content (AvgIpc) is 2.77. The van der Waals surface area contributed by atoms with Crippen LogP contribution in [0.3, 0.4) is 0 Å². The molecule has 0 aliphatic heterocycles. The molecular formula is C21H15N3O5. The number of carbonyl (C=O) groups is 3. The highest BCUT2D eigenvalue weighted by Gasteiger charge is 2.19. The van der Waals surface area contributed by atoms with Crippen LogP contribution in [0.25, 0.3) is 0 Å². The standard InChI is InChI=1S/C21H15N3O5/c25-19(14-7-2-1-3-8-14)17-11-4-5-12-18(17)21(27)23-22-20(26)15-9-6-10-16(13-15)24(28)29/h1-13H,(H,22,26)(H,23,27). The molecule has 8 nitrogen and oxygen atoms in total. The number of carbonyl (C=O) groups excluding carboxylic acids is 3. The van der Waals surface area contributed by atoms with E-state index in [0.717, 1.165) is 6.07 Å². The van der Waals surface area contributed by atoms with Crippen LogP contribution in [-0.2, 0) is 0 Å². The number of hydrazine groups is 1. The molecule has 144 valence electrons. The number of hydrogen-bond acceptors (Lipinski definition) is 5. The van der Waals surface area contributed by atoms with E-state index in [-0.39, 0.29) is 28.2 Å². The Kier molecular flexibility index (Phi) is 5.74. The number of nitrogens with zero attached hydrogens (tertiary/aromatic N) is 1. The van der Waals surface area contributed by atoms with Crippen LogP contribution in [-0.4, -0.2) is 22.5 Å². The van der Waals surface area contributed by atoms with E-state index in [2.05, 4.69) is 10.9 Å². The van der Waals surface area contributed by atoms with E-state index in [1.54, 1.807) is 42.5 Å². The summed E-state index contributed by atoms with van der Waals surface area (Å²) >= 11 is 0. The van der Waals surface area contributed by atoms with Gasteiger partial charge in [0.25, 0.3) is 17.5 Å². The molecule has 3 aromatic rings. The van der Waals surface area contributed by atoms with Crippen LogP contribution >= 0.6 is 0 Å². The molecule has 0 radical (unpaired) electrons. The summed E-state index contributed by atoms with van der Waals surface area (Å²) in [6.45, 7) is 0. The fourth-order valence-corrected chi connectivity index (χ4v) is 2.64. The first-order chi connectivity index (χ1) is 14.0. The molecule has 29 heavy (non-hydrogen) atoms. The molecule has 0 aliphatic carbocycles. The Morgan fingerprint density at radius 1 is 0.690 bits per heavy atom. The van der Waals surface area contributed by atoms with Gasteiger partial charge in [0, 0.05) is 28.8 Å². The molecule has 0 bridgehead atoms.